The van der Waals surface area contributed by atoms with Gasteiger partial charge in [0.2, 0.25) is 5.76 Å². The van der Waals surface area contributed by atoms with Gasteiger partial charge in [-0.25, -0.2) is 4.79 Å². The highest BCUT2D eigenvalue weighted by Crippen LogP contribution is 2.28. The summed E-state index contributed by atoms with van der Waals surface area (Å²) >= 11 is 11.8. The lowest BCUT2D eigenvalue weighted by Crippen LogP contribution is -2.14. The lowest BCUT2D eigenvalue weighted by molar-refractivity contribution is 0.0553. The van der Waals surface area contributed by atoms with E-state index in [2.05, 4.69) is 9.89 Å². The van der Waals surface area contributed by atoms with Crippen molar-refractivity contribution in [3.63, 3.8) is 0 Å². The number of halogens is 2. The second kappa shape index (κ2) is 7.26. The van der Waals surface area contributed by atoms with Crippen molar-refractivity contribution in [1.29, 1.82) is 0 Å². The van der Waals surface area contributed by atoms with Crippen LogP contribution in [0.1, 0.15) is 21.9 Å². The smallest absolute Gasteiger partial charge is 0.373 e. The molecule has 2 aromatic rings. The Hall–Kier alpha value is -2.38. The zero-order valence-corrected chi connectivity index (χ0v) is 13.5. The zero-order chi connectivity index (χ0) is 17.0. The number of hydrogen-bond acceptors (Lipinski definition) is 6. The first-order valence-electron chi connectivity index (χ1n) is 6.29. The van der Waals surface area contributed by atoms with Crippen molar-refractivity contribution in [3.8, 4) is 0 Å². The maximum absolute atomic E-state index is 11.2. The Morgan fingerprint density at radius 2 is 1.96 bits per heavy atom. The summed E-state index contributed by atoms with van der Waals surface area (Å²) in [5, 5.41) is 4.26. The summed E-state index contributed by atoms with van der Waals surface area (Å²) < 4.78 is 9.74. The summed E-state index contributed by atoms with van der Waals surface area (Å²) in [5.74, 6) is -0.0607. The number of nitrogen functional groups attached to an aromatic ring is 1. The van der Waals surface area contributed by atoms with Crippen LogP contribution in [0.15, 0.2) is 33.8 Å². The molecule has 0 saturated heterocycles. The lowest BCUT2D eigenvalue weighted by Gasteiger charge is -2.06. The molecule has 0 spiro atoms. The quantitative estimate of drug-likeness (QED) is 0.279. The normalized spacial score (nSPS) is 11.3. The molecule has 7 nitrogen and oxygen atoms in total. The Labute approximate surface area is 141 Å². The fourth-order valence-electron chi connectivity index (χ4n) is 1.62. The van der Waals surface area contributed by atoms with Gasteiger partial charge in [-0.1, -0.05) is 28.4 Å². The molecule has 1 aromatic heterocycles. The van der Waals surface area contributed by atoms with Crippen LogP contribution in [0.4, 0.5) is 5.69 Å². The Balaban J connectivity index is 2.03. The van der Waals surface area contributed by atoms with Crippen LogP contribution in [0, 0.1) is 0 Å². The van der Waals surface area contributed by atoms with Gasteiger partial charge < -0.3 is 25.5 Å². The molecule has 4 N–H and O–H groups in total. The zero-order valence-electron chi connectivity index (χ0n) is 12.0. The molecular weight excluding hydrogens is 345 g/mol. The third-order valence-corrected chi connectivity index (χ3v) is 3.42. The summed E-state index contributed by atoms with van der Waals surface area (Å²) in [5.41, 5.74) is 12.1. The number of amidine groups is 1. The SMILES string of the molecule is COC(=O)c1ccc(CO/N=C(\N)c2cc(Cl)c(N)c(Cl)c2)o1. The number of rotatable bonds is 5. The van der Waals surface area contributed by atoms with E-state index in [4.69, 9.17) is 43.9 Å². The first-order chi connectivity index (χ1) is 10.9. The van der Waals surface area contributed by atoms with Crippen molar-refractivity contribution in [3.05, 3.63) is 51.4 Å². The molecule has 0 atom stereocenters. The van der Waals surface area contributed by atoms with E-state index in [-0.39, 0.29) is 33.9 Å². The van der Waals surface area contributed by atoms with E-state index in [9.17, 15) is 4.79 Å². The van der Waals surface area contributed by atoms with E-state index < -0.39 is 5.97 Å². The van der Waals surface area contributed by atoms with Gasteiger partial charge in [0.15, 0.2) is 12.4 Å². The molecule has 0 radical (unpaired) electrons. The van der Waals surface area contributed by atoms with Crippen molar-refractivity contribution >= 4 is 40.7 Å². The molecule has 0 aliphatic carbocycles. The third-order valence-electron chi connectivity index (χ3n) is 2.79. The van der Waals surface area contributed by atoms with Crippen LogP contribution in [0.5, 0.6) is 0 Å². The molecule has 2 rings (SSSR count). The van der Waals surface area contributed by atoms with Crippen molar-refractivity contribution < 1.29 is 18.8 Å². The number of furan rings is 1. The Bertz CT molecular complexity index is 735. The number of nitrogens with two attached hydrogens (primary N) is 2. The van der Waals surface area contributed by atoms with Crippen LogP contribution in [-0.2, 0) is 16.2 Å². The van der Waals surface area contributed by atoms with E-state index in [1.807, 2.05) is 0 Å². The van der Waals surface area contributed by atoms with Crippen LogP contribution in [-0.4, -0.2) is 18.9 Å². The molecule has 122 valence electrons. The number of oxime groups is 1. The van der Waals surface area contributed by atoms with Crippen LogP contribution < -0.4 is 11.5 Å². The highest BCUT2D eigenvalue weighted by atomic mass is 35.5. The van der Waals surface area contributed by atoms with E-state index >= 15 is 0 Å². The fraction of sp³-hybridized carbons (Fsp3) is 0.143. The van der Waals surface area contributed by atoms with Gasteiger partial charge in [0.25, 0.3) is 0 Å². The minimum Gasteiger partial charge on any atom is -0.463 e. The Kier molecular flexibility index (Phi) is 5.36. The molecular formula is C14H13Cl2N3O4. The number of esters is 1. The number of anilines is 1. The topological polar surface area (TPSA) is 113 Å². The first kappa shape index (κ1) is 17.0. The number of methoxy groups -OCH3 is 1. The van der Waals surface area contributed by atoms with Gasteiger partial charge in [-0.05, 0) is 24.3 Å². The monoisotopic (exact) mass is 357 g/mol. The van der Waals surface area contributed by atoms with Gasteiger partial charge in [0.1, 0.15) is 5.76 Å². The standard InChI is InChI=1S/C14H13Cl2N3O4/c1-21-14(20)11-3-2-8(23-11)6-22-19-13(18)7-4-9(15)12(17)10(16)5-7/h2-5H,6,17H2,1H3,(H2,18,19). The highest BCUT2D eigenvalue weighted by Gasteiger charge is 2.11. The lowest BCUT2D eigenvalue weighted by atomic mass is 10.2. The molecule has 0 unspecified atom stereocenters. The van der Waals surface area contributed by atoms with Gasteiger partial charge in [-0.15, -0.1) is 0 Å². The minimum absolute atomic E-state index is 0.0197. The van der Waals surface area contributed by atoms with E-state index in [1.165, 1.54) is 25.3 Å². The number of nitrogens with zero attached hydrogens (tertiary/aromatic N) is 1. The summed E-state index contributed by atoms with van der Waals surface area (Å²) in [6, 6.07) is 6.08. The molecule has 23 heavy (non-hydrogen) atoms. The number of carbonyl (C=O) groups is 1. The number of ether oxygens (including phenoxy) is 1. The van der Waals surface area contributed by atoms with Crippen molar-refractivity contribution in [2.45, 2.75) is 6.61 Å². The predicted molar refractivity (Wildman–Crippen MR) is 86.4 cm³/mol. The summed E-state index contributed by atoms with van der Waals surface area (Å²) in [7, 11) is 1.26. The summed E-state index contributed by atoms with van der Waals surface area (Å²) in [6.45, 7) is -0.0197. The van der Waals surface area contributed by atoms with Gasteiger partial charge in [0.05, 0.1) is 22.8 Å². The molecule has 0 saturated carbocycles. The second-order valence-corrected chi connectivity index (χ2v) is 5.18. The molecule has 0 bridgehead atoms. The van der Waals surface area contributed by atoms with Gasteiger partial charge >= 0.3 is 5.97 Å². The maximum Gasteiger partial charge on any atom is 0.373 e. The average molecular weight is 358 g/mol. The highest BCUT2D eigenvalue weighted by molar-refractivity contribution is 6.39. The molecule has 1 heterocycles. The molecule has 1 aromatic carbocycles. The van der Waals surface area contributed by atoms with Crippen molar-refractivity contribution in [1.82, 2.24) is 0 Å². The largest absolute Gasteiger partial charge is 0.463 e. The molecule has 0 aliphatic rings. The van der Waals surface area contributed by atoms with Gasteiger partial charge in [-0.2, -0.15) is 0 Å². The molecule has 0 amide bonds. The van der Waals surface area contributed by atoms with Crippen molar-refractivity contribution in [2.24, 2.45) is 10.9 Å². The van der Waals surface area contributed by atoms with Crippen LogP contribution >= 0.6 is 23.2 Å². The summed E-state index contributed by atoms with van der Waals surface area (Å²) in [6.07, 6.45) is 0. The second-order valence-electron chi connectivity index (χ2n) is 4.36. The summed E-state index contributed by atoms with van der Waals surface area (Å²) in [4.78, 5) is 16.3. The number of benzene rings is 1. The fourth-order valence-corrected chi connectivity index (χ4v) is 2.10. The van der Waals surface area contributed by atoms with Crippen molar-refractivity contribution in [2.75, 3.05) is 12.8 Å². The third kappa shape index (κ3) is 4.08. The molecule has 0 aliphatic heterocycles. The van der Waals surface area contributed by atoms with E-state index in [0.717, 1.165) is 0 Å². The first-order valence-corrected chi connectivity index (χ1v) is 7.05. The number of hydrogen-bond donors (Lipinski definition) is 2. The Morgan fingerprint density at radius 3 is 2.57 bits per heavy atom. The average Bonchev–Trinajstić information content (AvgIpc) is 3.00. The maximum atomic E-state index is 11.2. The van der Waals surface area contributed by atoms with Crippen LogP contribution in [0.3, 0.4) is 0 Å². The number of carbonyl (C=O) groups excluding carboxylic acids is 1. The molecule has 0 fully saturated rings. The minimum atomic E-state index is -0.578. The van der Waals surface area contributed by atoms with E-state index in [0.29, 0.717) is 11.3 Å². The van der Waals surface area contributed by atoms with Gasteiger partial charge in [0, 0.05) is 5.56 Å². The van der Waals surface area contributed by atoms with Crippen LogP contribution in [0.25, 0.3) is 0 Å². The molecule has 9 heteroatoms. The predicted octanol–water partition coefficient (Wildman–Crippen LogP) is 2.79. The van der Waals surface area contributed by atoms with E-state index in [1.54, 1.807) is 6.07 Å². The van der Waals surface area contributed by atoms with Gasteiger partial charge in [-0.3, -0.25) is 0 Å². The Morgan fingerprint density at radius 1 is 1.30 bits per heavy atom. The van der Waals surface area contributed by atoms with Crippen LogP contribution in [0.2, 0.25) is 10.0 Å².